The number of aryl methyl sites for hydroxylation is 1. The number of aromatic amines is 1. The summed E-state index contributed by atoms with van der Waals surface area (Å²) >= 11 is 0. The molecule has 0 fully saturated rings. The van der Waals surface area contributed by atoms with Crippen LogP contribution in [-0.2, 0) is 6.42 Å². The largest absolute Gasteiger partial charge is 0.389 e. The SMILES string of the molecule is Cc1[nH]c2ccc(C(C)O)cc2c1CCN. The minimum absolute atomic E-state index is 0.426. The molecule has 1 aromatic heterocycles. The Morgan fingerprint density at radius 1 is 1.44 bits per heavy atom. The molecule has 2 rings (SSSR count). The number of aromatic nitrogens is 1. The Morgan fingerprint density at radius 3 is 2.81 bits per heavy atom. The Kier molecular flexibility index (Phi) is 2.99. The number of H-pyrrole nitrogens is 1. The van der Waals surface area contributed by atoms with Gasteiger partial charge in [0.05, 0.1) is 6.10 Å². The maximum absolute atomic E-state index is 9.58. The number of hydrogen-bond acceptors (Lipinski definition) is 2. The first-order valence-electron chi connectivity index (χ1n) is 5.62. The fourth-order valence-corrected chi connectivity index (χ4v) is 2.13. The molecule has 86 valence electrons. The van der Waals surface area contributed by atoms with Crippen molar-refractivity contribution in [3.05, 3.63) is 35.0 Å². The highest BCUT2D eigenvalue weighted by atomic mass is 16.3. The Labute approximate surface area is 95.3 Å². The molecule has 2 aromatic rings. The highest BCUT2D eigenvalue weighted by Crippen LogP contribution is 2.25. The van der Waals surface area contributed by atoms with Gasteiger partial charge >= 0.3 is 0 Å². The Balaban J connectivity index is 2.60. The van der Waals surface area contributed by atoms with Crippen molar-refractivity contribution in [2.45, 2.75) is 26.4 Å². The summed E-state index contributed by atoms with van der Waals surface area (Å²) in [6.07, 6.45) is 0.445. The van der Waals surface area contributed by atoms with Crippen molar-refractivity contribution >= 4 is 10.9 Å². The van der Waals surface area contributed by atoms with E-state index >= 15 is 0 Å². The van der Waals surface area contributed by atoms with Crippen LogP contribution in [0.1, 0.15) is 29.8 Å². The van der Waals surface area contributed by atoms with Crippen molar-refractivity contribution in [1.82, 2.24) is 4.98 Å². The monoisotopic (exact) mass is 218 g/mol. The highest BCUT2D eigenvalue weighted by molar-refractivity contribution is 5.85. The predicted molar refractivity (Wildman–Crippen MR) is 66.4 cm³/mol. The third-order valence-electron chi connectivity index (χ3n) is 3.02. The van der Waals surface area contributed by atoms with Crippen LogP contribution in [0.5, 0.6) is 0 Å². The number of rotatable bonds is 3. The Hall–Kier alpha value is -1.32. The molecule has 0 bridgehead atoms. The molecular weight excluding hydrogens is 200 g/mol. The predicted octanol–water partition coefficient (Wildman–Crippen LogP) is 2.03. The van der Waals surface area contributed by atoms with Crippen LogP contribution < -0.4 is 5.73 Å². The van der Waals surface area contributed by atoms with E-state index in [0.29, 0.717) is 6.54 Å². The van der Waals surface area contributed by atoms with Crippen molar-refractivity contribution in [1.29, 1.82) is 0 Å². The summed E-state index contributed by atoms with van der Waals surface area (Å²) in [6.45, 7) is 4.49. The van der Waals surface area contributed by atoms with E-state index in [-0.39, 0.29) is 0 Å². The van der Waals surface area contributed by atoms with Crippen LogP contribution in [0.2, 0.25) is 0 Å². The van der Waals surface area contributed by atoms with Crippen molar-refractivity contribution in [3.8, 4) is 0 Å². The van der Waals surface area contributed by atoms with Gasteiger partial charge in [0.25, 0.3) is 0 Å². The molecule has 0 amide bonds. The van der Waals surface area contributed by atoms with E-state index in [2.05, 4.69) is 18.0 Å². The lowest BCUT2D eigenvalue weighted by atomic mass is 10.0. The topological polar surface area (TPSA) is 62.0 Å². The van der Waals surface area contributed by atoms with Crippen molar-refractivity contribution < 1.29 is 5.11 Å². The van der Waals surface area contributed by atoms with Crippen molar-refractivity contribution in [2.24, 2.45) is 5.73 Å². The summed E-state index contributed by atoms with van der Waals surface area (Å²) < 4.78 is 0. The number of aliphatic hydroxyl groups is 1. The zero-order chi connectivity index (χ0) is 11.7. The summed E-state index contributed by atoms with van der Waals surface area (Å²) in [5.74, 6) is 0. The van der Waals surface area contributed by atoms with Gasteiger partial charge < -0.3 is 15.8 Å². The summed E-state index contributed by atoms with van der Waals surface area (Å²) in [5.41, 5.74) is 10.1. The molecule has 0 spiro atoms. The highest BCUT2D eigenvalue weighted by Gasteiger charge is 2.09. The lowest BCUT2D eigenvalue weighted by Crippen LogP contribution is -2.03. The van der Waals surface area contributed by atoms with Crippen molar-refractivity contribution in [3.63, 3.8) is 0 Å². The Bertz CT molecular complexity index is 500. The van der Waals surface area contributed by atoms with Gasteiger partial charge in [0.1, 0.15) is 0 Å². The molecule has 0 aliphatic carbocycles. The summed E-state index contributed by atoms with van der Waals surface area (Å²) in [5, 5.41) is 10.8. The molecule has 1 heterocycles. The van der Waals surface area contributed by atoms with E-state index in [1.807, 2.05) is 12.1 Å². The maximum Gasteiger partial charge on any atom is 0.0762 e. The zero-order valence-corrected chi connectivity index (χ0v) is 9.75. The molecule has 0 radical (unpaired) electrons. The number of nitrogens with two attached hydrogens (primary N) is 1. The number of nitrogens with one attached hydrogen (secondary N) is 1. The standard InChI is InChI=1S/C13H18N2O/c1-8-11(5-6-14)12-7-10(9(2)16)3-4-13(12)15-8/h3-4,7,9,15-16H,5-6,14H2,1-2H3. The van der Waals surface area contributed by atoms with Crippen LogP contribution in [0.15, 0.2) is 18.2 Å². The minimum atomic E-state index is -0.426. The van der Waals surface area contributed by atoms with Crippen LogP contribution in [0.4, 0.5) is 0 Å². The van der Waals surface area contributed by atoms with Gasteiger partial charge in [0.15, 0.2) is 0 Å². The molecule has 4 N–H and O–H groups in total. The van der Waals surface area contributed by atoms with Gasteiger partial charge in [0.2, 0.25) is 0 Å². The summed E-state index contributed by atoms with van der Waals surface area (Å²) in [7, 11) is 0. The normalized spacial score (nSPS) is 13.2. The molecule has 0 saturated heterocycles. The average molecular weight is 218 g/mol. The molecule has 0 aliphatic rings. The number of benzene rings is 1. The van der Waals surface area contributed by atoms with Gasteiger partial charge in [-0.2, -0.15) is 0 Å². The Morgan fingerprint density at radius 2 is 2.19 bits per heavy atom. The van der Waals surface area contributed by atoms with Gasteiger partial charge in [-0.1, -0.05) is 6.07 Å². The van der Waals surface area contributed by atoms with Crippen LogP contribution in [0.25, 0.3) is 10.9 Å². The third-order valence-corrected chi connectivity index (χ3v) is 3.02. The molecule has 16 heavy (non-hydrogen) atoms. The van der Waals surface area contributed by atoms with Crippen LogP contribution in [-0.4, -0.2) is 16.6 Å². The van der Waals surface area contributed by atoms with Gasteiger partial charge in [-0.05, 0) is 50.1 Å². The first-order chi connectivity index (χ1) is 7.63. The van der Waals surface area contributed by atoms with E-state index in [9.17, 15) is 5.11 Å². The van der Waals surface area contributed by atoms with E-state index in [0.717, 1.165) is 17.5 Å². The van der Waals surface area contributed by atoms with Gasteiger partial charge in [-0.25, -0.2) is 0 Å². The fraction of sp³-hybridized carbons (Fsp3) is 0.385. The molecule has 3 heteroatoms. The minimum Gasteiger partial charge on any atom is -0.389 e. The quantitative estimate of drug-likeness (QED) is 0.738. The lowest BCUT2D eigenvalue weighted by Gasteiger charge is -2.05. The van der Waals surface area contributed by atoms with Crippen LogP contribution in [0, 0.1) is 6.92 Å². The van der Waals surface area contributed by atoms with Gasteiger partial charge in [-0.3, -0.25) is 0 Å². The summed E-state index contributed by atoms with van der Waals surface area (Å²) in [6, 6.07) is 6.02. The second kappa shape index (κ2) is 4.28. The maximum atomic E-state index is 9.58. The van der Waals surface area contributed by atoms with E-state index in [1.54, 1.807) is 6.92 Å². The second-order valence-electron chi connectivity index (χ2n) is 4.25. The number of aliphatic hydroxyl groups excluding tert-OH is 1. The third kappa shape index (κ3) is 1.84. The second-order valence-corrected chi connectivity index (χ2v) is 4.25. The van der Waals surface area contributed by atoms with Crippen LogP contribution >= 0.6 is 0 Å². The van der Waals surface area contributed by atoms with Gasteiger partial charge in [-0.15, -0.1) is 0 Å². The molecule has 1 atom stereocenters. The molecular formula is C13H18N2O. The van der Waals surface area contributed by atoms with Crippen molar-refractivity contribution in [2.75, 3.05) is 6.54 Å². The molecule has 0 saturated carbocycles. The fourth-order valence-electron chi connectivity index (χ4n) is 2.13. The smallest absolute Gasteiger partial charge is 0.0762 e. The van der Waals surface area contributed by atoms with E-state index < -0.39 is 6.10 Å². The van der Waals surface area contributed by atoms with E-state index in [1.165, 1.54) is 16.6 Å². The number of hydrogen-bond donors (Lipinski definition) is 3. The molecule has 1 unspecified atom stereocenters. The van der Waals surface area contributed by atoms with E-state index in [4.69, 9.17) is 5.73 Å². The summed E-state index contributed by atoms with van der Waals surface area (Å²) in [4.78, 5) is 3.34. The van der Waals surface area contributed by atoms with Crippen LogP contribution in [0.3, 0.4) is 0 Å². The first kappa shape index (κ1) is 11.2. The molecule has 3 nitrogen and oxygen atoms in total. The number of fused-ring (bicyclic) bond motifs is 1. The first-order valence-corrected chi connectivity index (χ1v) is 5.62. The van der Waals surface area contributed by atoms with Gasteiger partial charge in [0, 0.05) is 16.6 Å². The average Bonchev–Trinajstić information content (AvgIpc) is 2.55. The lowest BCUT2D eigenvalue weighted by molar-refractivity contribution is 0.199. The molecule has 1 aromatic carbocycles. The molecule has 0 aliphatic heterocycles. The zero-order valence-electron chi connectivity index (χ0n) is 9.75.